The number of pyridine rings is 1. The summed E-state index contributed by atoms with van der Waals surface area (Å²) in [7, 11) is 1.56. The maximum Gasteiger partial charge on any atom is 0.255 e. The highest BCUT2D eigenvalue weighted by Crippen LogP contribution is 2.28. The van der Waals surface area contributed by atoms with Crippen LogP contribution >= 0.6 is 11.6 Å². The van der Waals surface area contributed by atoms with E-state index >= 15 is 0 Å². The average Bonchev–Trinajstić information content (AvgIpc) is 2.47. The topological polar surface area (TPSA) is 57.2 Å². The summed E-state index contributed by atoms with van der Waals surface area (Å²) in [4.78, 5) is 12.5. The van der Waals surface area contributed by atoms with E-state index in [0.717, 1.165) is 11.3 Å². The largest absolute Gasteiger partial charge is 0.495 e. The van der Waals surface area contributed by atoms with Crippen LogP contribution in [0.4, 0.5) is 0 Å². The molecule has 0 bridgehead atoms. The first-order chi connectivity index (χ1) is 9.99. The Balaban J connectivity index is 2.47. The monoisotopic (exact) mass is 306 g/mol. The normalized spacial score (nSPS) is 12.2. The highest BCUT2D eigenvalue weighted by molar-refractivity contribution is 6.32. The number of methoxy groups -OCH3 is 1. The molecule has 1 unspecified atom stereocenters. The zero-order valence-electron chi connectivity index (χ0n) is 12.4. The molecule has 1 heterocycles. The molecular formula is C16H19ClN2O2. The Labute approximate surface area is 129 Å². The Hall–Kier alpha value is -1.78. The van der Waals surface area contributed by atoms with E-state index in [1.54, 1.807) is 29.9 Å². The maximum absolute atomic E-state index is 12.5. The van der Waals surface area contributed by atoms with Crippen molar-refractivity contribution in [2.75, 3.05) is 7.11 Å². The summed E-state index contributed by atoms with van der Waals surface area (Å²) in [6.07, 6.45) is 0. The van der Waals surface area contributed by atoms with Crippen molar-refractivity contribution >= 4 is 11.6 Å². The first-order valence-corrected chi connectivity index (χ1v) is 7.16. The molecule has 0 fully saturated rings. The van der Waals surface area contributed by atoms with E-state index in [4.69, 9.17) is 22.1 Å². The van der Waals surface area contributed by atoms with Gasteiger partial charge in [0.15, 0.2) is 0 Å². The SMILES string of the molecule is CCn1c(C)ccc(C(N)c2ccc(OC)c(Cl)c2)c1=O. The van der Waals surface area contributed by atoms with Gasteiger partial charge in [0, 0.05) is 17.8 Å². The minimum absolute atomic E-state index is 0.0584. The lowest BCUT2D eigenvalue weighted by Crippen LogP contribution is -2.29. The van der Waals surface area contributed by atoms with Crippen LogP contribution in [0, 0.1) is 6.92 Å². The molecule has 0 radical (unpaired) electrons. The lowest BCUT2D eigenvalue weighted by Gasteiger charge is -2.16. The molecule has 0 spiro atoms. The van der Waals surface area contributed by atoms with Crippen molar-refractivity contribution in [2.45, 2.75) is 26.4 Å². The van der Waals surface area contributed by atoms with E-state index < -0.39 is 6.04 Å². The molecule has 0 aliphatic rings. The van der Waals surface area contributed by atoms with E-state index in [9.17, 15) is 4.79 Å². The lowest BCUT2D eigenvalue weighted by molar-refractivity contribution is 0.415. The molecule has 1 aromatic carbocycles. The third-order valence-corrected chi connectivity index (χ3v) is 3.90. The molecule has 0 amide bonds. The molecule has 0 aliphatic carbocycles. The molecule has 0 saturated heterocycles. The molecule has 4 nitrogen and oxygen atoms in total. The fourth-order valence-corrected chi connectivity index (χ4v) is 2.64. The van der Waals surface area contributed by atoms with Gasteiger partial charge in [-0.05, 0) is 43.7 Å². The first-order valence-electron chi connectivity index (χ1n) is 6.79. The van der Waals surface area contributed by atoms with Crippen molar-refractivity contribution in [1.29, 1.82) is 0 Å². The number of ether oxygens (including phenoxy) is 1. The van der Waals surface area contributed by atoms with E-state index in [0.29, 0.717) is 22.9 Å². The summed E-state index contributed by atoms with van der Waals surface area (Å²) >= 11 is 6.12. The molecule has 0 aliphatic heterocycles. The maximum atomic E-state index is 12.5. The minimum atomic E-state index is -0.515. The fraction of sp³-hybridized carbons (Fsp3) is 0.312. The average molecular weight is 307 g/mol. The Bertz CT molecular complexity index is 710. The van der Waals surface area contributed by atoms with Crippen LogP contribution in [0.15, 0.2) is 35.1 Å². The zero-order valence-corrected chi connectivity index (χ0v) is 13.1. The van der Waals surface area contributed by atoms with Crippen LogP contribution in [-0.2, 0) is 6.54 Å². The molecule has 1 atom stereocenters. The second-order valence-corrected chi connectivity index (χ2v) is 5.26. The Morgan fingerprint density at radius 1 is 1.33 bits per heavy atom. The van der Waals surface area contributed by atoms with Crippen LogP contribution in [0.3, 0.4) is 0 Å². The third kappa shape index (κ3) is 2.96. The predicted octanol–water partition coefficient (Wildman–Crippen LogP) is 2.89. The summed E-state index contributed by atoms with van der Waals surface area (Å²) in [5.41, 5.74) is 8.44. The van der Waals surface area contributed by atoms with Crippen LogP contribution in [0.25, 0.3) is 0 Å². The van der Waals surface area contributed by atoms with Gasteiger partial charge in [-0.1, -0.05) is 17.7 Å². The summed E-state index contributed by atoms with van der Waals surface area (Å²) in [6, 6.07) is 8.49. The van der Waals surface area contributed by atoms with Crippen LogP contribution in [-0.4, -0.2) is 11.7 Å². The predicted molar refractivity (Wildman–Crippen MR) is 85.1 cm³/mol. The lowest BCUT2D eigenvalue weighted by atomic mass is 10.0. The fourth-order valence-electron chi connectivity index (χ4n) is 2.37. The molecule has 21 heavy (non-hydrogen) atoms. The number of hydrogen-bond donors (Lipinski definition) is 1. The molecule has 2 rings (SSSR count). The van der Waals surface area contributed by atoms with Gasteiger partial charge < -0.3 is 15.0 Å². The highest BCUT2D eigenvalue weighted by Gasteiger charge is 2.16. The number of nitrogens with two attached hydrogens (primary N) is 1. The molecule has 2 N–H and O–H groups in total. The van der Waals surface area contributed by atoms with Crippen LogP contribution in [0.2, 0.25) is 5.02 Å². The van der Waals surface area contributed by atoms with E-state index in [1.165, 1.54) is 0 Å². The van der Waals surface area contributed by atoms with Crippen molar-refractivity contribution in [2.24, 2.45) is 5.73 Å². The molecule has 1 aromatic heterocycles. The number of nitrogens with zero attached hydrogens (tertiary/aromatic N) is 1. The second-order valence-electron chi connectivity index (χ2n) is 4.85. The summed E-state index contributed by atoms with van der Waals surface area (Å²) < 4.78 is 6.83. The molecular weight excluding hydrogens is 288 g/mol. The van der Waals surface area contributed by atoms with Gasteiger partial charge in [-0.3, -0.25) is 4.79 Å². The zero-order chi connectivity index (χ0) is 15.6. The summed E-state index contributed by atoms with van der Waals surface area (Å²) in [6.45, 7) is 4.47. The Morgan fingerprint density at radius 2 is 2.05 bits per heavy atom. The Morgan fingerprint density at radius 3 is 2.62 bits per heavy atom. The standard InChI is InChI=1S/C16H19ClN2O2/c1-4-19-10(2)5-7-12(16(19)20)15(18)11-6-8-14(21-3)13(17)9-11/h5-9,15H,4,18H2,1-3H3. The van der Waals surface area contributed by atoms with Crippen molar-refractivity contribution in [3.05, 3.63) is 62.5 Å². The van der Waals surface area contributed by atoms with Gasteiger partial charge in [-0.25, -0.2) is 0 Å². The number of rotatable bonds is 4. The molecule has 5 heteroatoms. The third-order valence-electron chi connectivity index (χ3n) is 3.61. The summed E-state index contributed by atoms with van der Waals surface area (Å²) in [5, 5.41) is 0.480. The number of aromatic nitrogens is 1. The number of benzene rings is 1. The quantitative estimate of drug-likeness (QED) is 0.945. The van der Waals surface area contributed by atoms with Crippen molar-refractivity contribution in [1.82, 2.24) is 4.57 Å². The first kappa shape index (κ1) is 15.6. The van der Waals surface area contributed by atoms with Gasteiger partial charge in [0.2, 0.25) is 0 Å². The molecule has 2 aromatic rings. The van der Waals surface area contributed by atoms with E-state index in [1.807, 2.05) is 26.0 Å². The van der Waals surface area contributed by atoms with E-state index in [-0.39, 0.29) is 5.56 Å². The van der Waals surface area contributed by atoms with E-state index in [2.05, 4.69) is 0 Å². The smallest absolute Gasteiger partial charge is 0.255 e. The Kier molecular flexibility index (Phi) is 4.70. The van der Waals surface area contributed by atoms with Crippen molar-refractivity contribution in [3.8, 4) is 5.75 Å². The van der Waals surface area contributed by atoms with Gasteiger partial charge in [0.05, 0.1) is 18.2 Å². The molecule has 0 saturated carbocycles. The van der Waals surface area contributed by atoms with Gasteiger partial charge in [0.25, 0.3) is 5.56 Å². The highest BCUT2D eigenvalue weighted by atomic mass is 35.5. The van der Waals surface area contributed by atoms with Crippen molar-refractivity contribution in [3.63, 3.8) is 0 Å². The number of hydrogen-bond acceptors (Lipinski definition) is 3. The van der Waals surface area contributed by atoms with Crippen LogP contribution in [0.1, 0.15) is 29.8 Å². The van der Waals surface area contributed by atoms with Gasteiger partial charge in [0.1, 0.15) is 5.75 Å². The van der Waals surface area contributed by atoms with Gasteiger partial charge in [-0.15, -0.1) is 0 Å². The van der Waals surface area contributed by atoms with Crippen LogP contribution in [0.5, 0.6) is 5.75 Å². The molecule has 112 valence electrons. The van der Waals surface area contributed by atoms with Gasteiger partial charge in [-0.2, -0.15) is 0 Å². The van der Waals surface area contributed by atoms with Gasteiger partial charge >= 0.3 is 0 Å². The second kappa shape index (κ2) is 6.33. The number of aryl methyl sites for hydroxylation is 1. The summed E-state index contributed by atoms with van der Waals surface area (Å²) in [5.74, 6) is 0.586. The van der Waals surface area contributed by atoms with Crippen LogP contribution < -0.4 is 16.0 Å². The van der Waals surface area contributed by atoms with Crippen molar-refractivity contribution < 1.29 is 4.74 Å². The number of halogens is 1. The minimum Gasteiger partial charge on any atom is -0.495 e.